The Labute approximate surface area is 193 Å². The summed E-state index contributed by atoms with van der Waals surface area (Å²) in [6.45, 7) is 2.64. The van der Waals surface area contributed by atoms with Crippen molar-refractivity contribution in [3.8, 4) is 22.8 Å². The zero-order valence-corrected chi connectivity index (χ0v) is 18.5. The van der Waals surface area contributed by atoms with Crippen LogP contribution in [-0.4, -0.2) is 33.4 Å². The van der Waals surface area contributed by atoms with Crippen molar-refractivity contribution in [1.29, 1.82) is 0 Å². The number of thiazole rings is 1. The van der Waals surface area contributed by atoms with Gasteiger partial charge < -0.3 is 20.2 Å². The van der Waals surface area contributed by atoms with Crippen LogP contribution in [0.1, 0.15) is 33.3 Å². The van der Waals surface area contributed by atoms with E-state index in [1.165, 1.54) is 11.3 Å². The molecule has 3 heterocycles. The second kappa shape index (κ2) is 9.96. The van der Waals surface area contributed by atoms with E-state index in [0.29, 0.717) is 52.4 Å². The topological polar surface area (TPSA) is 132 Å². The summed E-state index contributed by atoms with van der Waals surface area (Å²) in [7, 11) is 0. The van der Waals surface area contributed by atoms with Crippen molar-refractivity contribution in [2.75, 3.05) is 11.9 Å². The van der Waals surface area contributed by atoms with Gasteiger partial charge in [0.2, 0.25) is 0 Å². The monoisotopic (exact) mass is 463 g/mol. The van der Waals surface area contributed by atoms with E-state index in [2.05, 4.69) is 20.3 Å². The molecule has 168 valence electrons. The number of pyridine rings is 1. The molecule has 2 amide bonds. The van der Waals surface area contributed by atoms with Crippen molar-refractivity contribution < 1.29 is 19.1 Å². The van der Waals surface area contributed by atoms with E-state index in [0.717, 1.165) is 5.56 Å². The number of carbonyl (C=O) groups is 2. The summed E-state index contributed by atoms with van der Waals surface area (Å²) in [5, 5.41) is 4.99. The number of carbonyl (C=O) groups excluding carboxylic acids is 2. The van der Waals surface area contributed by atoms with Gasteiger partial charge in [-0.25, -0.2) is 4.98 Å². The van der Waals surface area contributed by atoms with Crippen molar-refractivity contribution in [2.24, 2.45) is 5.73 Å². The fourth-order valence-electron chi connectivity index (χ4n) is 2.99. The average molecular weight is 464 g/mol. The molecule has 4 N–H and O–H groups in total. The minimum atomic E-state index is -0.552. The number of hydrogen-bond acceptors (Lipinski definition) is 7. The van der Waals surface area contributed by atoms with Crippen LogP contribution in [0.3, 0.4) is 0 Å². The van der Waals surface area contributed by atoms with E-state index in [1.54, 1.807) is 48.2 Å². The van der Waals surface area contributed by atoms with Crippen molar-refractivity contribution in [2.45, 2.75) is 13.5 Å². The SMILES string of the molecule is CCOc1cc(C(=O)Nc2nc(-c3c[nH]c(C(N)=O)c3)cs2)ccc1OCc1ccncc1. The maximum absolute atomic E-state index is 12.8. The Kier molecular flexibility index (Phi) is 6.65. The lowest BCUT2D eigenvalue weighted by molar-refractivity contribution is 0.0994. The quantitative estimate of drug-likeness (QED) is 0.345. The number of H-pyrrole nitrogens is 1. The van der Waals surface area contributed by atoms with E-state index >= 15 is 0 Å². The third-order valence-corrected chi connectivity index (χ3v) is 5.38. The molecule has 3 aromatic heterocycles. The van der Waals surface area contributed by atoms with E-state index in [4.69, 9.17) is 15.2 Å². The van der Waals surface area contributed by atoms with Gasteiger partial charge in [0.25, 0.3) is 11.8 Å². The number of aromatic nitrogens is 3. The molecule has 0 saturated carbocycles. The molecule has 0 aliphatic heterocycles. The number of anilines is 1. The van der Waals surface area contributed by atoms with Gasteiger partial charge in [-0.15, -0.1) is 11.3 Å². The largest absolute Gasteiger partial charge is 0.490 e. The molecule has 4 rings (SSSR count). The van der Waals surface area contributed by atoms with E-state index < -0.39 is 5.91 Å². The van der Waals surface area contributed by atoms with Gasteiger partial charge in [-0.2, -0.15) is 0 Å². The Morgan fingerprint density at radius 3 is 2.67 bits per heavy atom. The number of amides is 2. The number of rotatable bonds is 9. The third-order valence-electron chi connectivity index (χ3n) is 4.62. The highest BCUT2D eigenvalue weighted by Crippen LogP contribution is 2.30. The lowest BCUT2D eigenvalue weighted by atomic mass is 10.2. The number of hydrogen-bond donors (Lipinski definition) is 3. The predicted octanol–water partition coefficient (Wildman–Crippen LogP) is 3.86. The lowest BCUT2D eigenvalue weighted by Gasteiger charge is -2.13. The molecule has 0 spiro atoms. The lowest BCUT2D eigenvalue weighted by Crippen LogP contribution is -2.12. The summed E-state index contributed by atoms with van der Waals surface area (Å²) in [5.41, 5.74) is 8.26. The Morgan fingerprint density at radius 2 is 1.94 bits per heavy atom. The second-order valence-corrected chi connectivity index (χ2v) is 7.76. The summed E-state index contributed by atoms with van der Waals surface area (Å²) < 4.78 is 11.5. The number of ether oxygens (including phenoxy) is 2. The van der Waals surface area contributed by atoms with Gasteiger partial charge in [0.15, 0.2) is 16.6 Å². The normalized spacial score (nSPS) is 10.6. The molecule has 0 unspecified atom stereocenters. The van der Waals surface area contributed by atoms with Gasteiger partial charge in [0, 0.05) is 35.1 Å². The summed E-state index contributed by atoms with van der Waals surface area (Å²) >= 11 is 1.27. The summed E-state index contributed by atoms with van der Waals surface area (Å²) in [4.78, 5) is 35.2. The zero-order chi connectivity index (χ0) is 23.2. The van der Waals surface area contributed by atoms with E-state index in [9.17, 15) is 9.59 Å². The molecular formula is C23H21N5O4S. The standard InChI is InChI=1S/C23H21N5O4S/c1-2-31-20-10-15(3-4-19(20)32-12-14-5-7-25-8-6-14)22(30)28-23-27-18(13-33-23)16-9-17(21(24)29)26-11-16/h3-11,13,26H,2,12H2,1H3,(H2,24,29)(H,27,28,30). The van der Waals surface area contributed by atoms with Gasteiger partial charge in [0.1, 0.15) is 12.3 Å². The molecular weight excluding hydrogens is 442 g/mol. The number of nitrogens with one attached hydrogen (secondary N) is 2. The fraction of sp³-hybridized carbons (Fsp3) is 0.130. The first kappa shape index (κ1) is 22.0. The van der Waals surface area contributed by atoms with Crippen LogP contribution in [0.4, 0.5) is 5.13 Å². The summed E-state index contributed by atoms with van der Waals surface area (Å²) in [6.07, 6.45) is 5.04. The van der Waals surface area contributed by atoms with Crippen LogP contribution in [0.5, 0.6) is 11.5 Å². The molecule has 0 aliphatic rings. The molecule has 0 aliphatic carbocycles. The number of primary amides is 1. The minimum absolute atomic E-state index is 0.290. The van der Waals surface area contributed by atoms with Crippen LogP contribution >= 0.6 is 11.3 Å². The highest BCUT2D eigenvalue weighted by Gasteiger charge is 2.15. The Morgan fingerprint density at radius 1 is 1.12 bits per heavy atom. The van der Waals surface area contributed by atoms with E-state index in [-0.39, 0.29) is 5.91 Å². The molecule has 1 aromatic carbocycles. The molecule has 9 nitrogen and oxygen atoms in total. The number of nitrogens with zero attached hydrogens (tertiary/aromatic N) is 2. The first-order valence-electron chi connectivity index (χ1n) is 10.1. The van der Waals surface area contributed by atoms with Crippen LogP contribution in [0, 0.1) is 0 Å². The highest BCUT2D eigenvalue weighted by atomic mass is 32.1. The molecule has 0 fully saturated rings. The van der Waals surface area contributed by atoms with Crippen LogP contribution in [0.2, 0.25) is 0 Å². The van der Waals surface area contributed by atoms with Crippen LogP contribution < -0.4 is 20.5 Å². The van der Waals surface area contributed by atoms with Gasteiger partial charge in [0.05, 0.1) is 12.3 Å². The van der Waals surface area contributed by atoms with Crippen LogP contribution in [0.15, 0.2) is 60.4 Å². The van der Waals surface area contributed by atoms with Crippen molar-refractivity contribution in [1.82, 2.24) is 15.0 Å². The molecule has 10 heteroatoms. The Hall–Kier alpha value is -4.18. The molecule has 0 saturated heterocycles. The van der Waals surface area contributed by atoms with Gasteiger partial charge in [-0.05, 0) is 48.9 Å². The molecule has 0 radical (unpaired) electrons. The zero-order valence-electron chi connectivity index (χ0n) is 17.7. The average Bonchev–Trinajstić information content (AvgIpc) is 3.49. The minimum Gasteiger partial charge on any atom is -0.490 e. The highest BCUT2D eigenvalue weighted by molar-refractivity contribution is 7.14. The van der Waals surface area contributed by atoms with Gasteiger partial charge in [-0.3, -0.25) is 19.9 Å². The molecule has 4 aromatic rings. The first-order chi connectivity index (χ1) is 16.0. The Bertz CT molecular complexity index is 1270. The van der Waals surface area contributed by atoms with Crippen molar-refractivity contribution in [3.05, 3.63) is 77.2 Å². The van der Waals surface area contributed by atoms with Gasteiger partial charge >= 0.3 is 0 Å². The molecule has 33 heavy (non-hydrogen) atoms. The molecule has 0 atom stereocenters. The van der Waals surface area contributed by atoms with E-state index in [1.807, 2.05) is 19.1 Å². The van der Waals surface area contributed by atoms with Crippen LogP contribution in [0.25, 0.3) is 11.3 Å². The summed E-state index contributed by atoms with van der Waals surface area (Å²) in [6, 6.07) is 10.4. The maximum Gasteiger partial charge on any atom is 0.265 e. The maximum atomic E-state index is 12.8. The molecule has 0 bridgehead atoms. The first-order valence-corrected chi connectivity index (χ1v) is 11.0. The smallest absolute Gasteiger partial charge is 0.265 e. The fourth-order valence-corrected chi connectivity index (χ4v) is 3.71. The predicted molar refractivity (Wildman–Crippen MR) is 125 cm³/mol. The summed E-state index contributed by atoms with van der Waals surface area (Å²) in [5.74, 6) is 0.137. The number of aromatic amines is 1. The van der Waals surface area contributed by atoms with Crippen LogP contribution in [-0.2, 0) is 6.61 Å². The van der Waals surface area contributed by atoms with Crippen molar-refractivity contribution in [3.63, 3.8) is 0 Å². The number of nitrogens with two attached hydrogens (primary N) is 1. The van der Waals surface area contributed by atoms with Crippen molar-refractivity contribution >= 4 is 28.3 Å². The number of benzene rings is 1. The third kappa shape index (κ3) is 5.36. The van der Waals surface area contributed by atoms with Gasteiger partial charge in [-0.1, -0.05) is 0 Å². The second-order valence-electron chi connectivity index (χ2n) is 6.90. The Balaban J connectivity index is 1.46.